The zero-order valence-corrected chi connectivity index (χ0v) is 24.6. The number of hydrogen-bond donors (Lipinski definition) is 0. The molecule has 5 rings (SSSR count). The summed E-state index contributed by atoms with van der Waals surface area (Å²) in [7, 11) is 0. The summed E-state index contributed by atoms with van der Waals surface area (Å²) in [6.45, 7) is 4.23. The van der Waals surface area contributed by atoms with Gasteiger partial charge in [0, 0.05) is 15.4 Å². The topological polar surface area (TPSA) is 69.9 Å². The maximum atomic E-state index is 13.8. The molecule has 2 heterocycles. The Morgan fingerprint density at radius 1 is 1.21 bits per heavy atom. The first kappa shape index (κ1) is 27.4. The molecule has 9 heteroatoms. The lowest BCUT2D eigenvalue weighted by Crippen LogP contribution is -2.40. The molecule has 0 saturated heterocycles. The Labute approximate surface area is 243 Å². The Balaban J connectivity index is 1.47. The van der Waals surface area contributed by atoms with Crippen LogP contribution in [0.25, 0.3) is 6.08 Å². The molecule has 0 unspecified atom stereocenters. The molecule has 0 amide bonds. The minimum atomic E-state index is -0.661. The number of carbonyl (C=O) groups excluding carboxylic acids is 1. The summed E-state index contributed by atoms with van der Waals surface area (Å²) < 4.78 is 14.4. The van der Waals surface area contributed by atoms with Gasteiger partial charge in [-0.2, -0.15) is 0 Å². The summed E-state index contributed by atoms with van der Waals surface area (Å²) in [5, 5.41) is 0.569. The zero-order chi connectivity index (χ0) is 27.5. The Bertz CT molecular complexity index is 1670. The van der Waals surface area contributed by atoms with Crippen molar-refractivity contribution in [2.24, 2.45) is 10.9 Å². The molecule has 0 fully saturated rings. The Morgan fingerprint density at radius 3 is 2.64 bits per heavy atom. The Morgan fingerprint density at radius 2 is 1.95 bits per heavy atom. The summed E-state index contributed by atoms with van der Waals surface area (Å²) in [4.78, 5) is 32.0. The quantitative estimate of drug-likeness (QED) is 0.311. The van der Waals surface area contributed by atoms with Gasteiger partial charge in [-0.1, -0.05) is 93.5 Å². The number of fused-ring (bicyclic) bond motifs is 1. The first-order valence-corrected chi connectivity index (χ1v) is 14.5. The number of rotatable bonds is 7. The highest BCUT2D eigenvalue weighted by molar-refractivity contribution is 9.11. The fourth-order valence-corrected chi connectivity index (χ4v) is 6.45. The van der Waals surface area contributed by atoms with Crippen molar-refractivity contribution in [2.45, 2.75) is 32.9 Å². The summed E-state index contributed by atoms with van der Waals surface area (Å²) in [5.41, 5.74) is 2.53. The molecule has 1 aromatic heterocycles. The van der Waals surface area contributed by atoms with Crippen molar-refractivity contribution in [1.29, 1.82) is 0 Å². The van der Waals surface area contributed by atoms with E-state index in [1.807, 2.05) is 60.7 Å². The molecule has 0 saturated carbocycles. The van der Waals surface area contributed by atoms with Crippen molar-refractivity contribution in [3.63, 3.8) is 0 Å². The summed E-state index contributed by atoms with van der Waals surface area (Å²) in [5.74, 6) is 0.284. The molecule has 2 aromatic carbocycles. The molecule has 39 heavy (non-hydrogen) atoms. The Kier molecular flexibility index (Phi) is 8.35. The van der Waals surface area contributed by atoms with Crippen LogP contribution in [0.4, 0.5) is 0 Å². The normalized spacial score (nSPS) is 19.1. The average molecular weight is 626 g/mol. The van der Waals surface area contributed by atoms with Crippen molar-refractivity contribution in [3.05, 3.63) is 124 Å². The van der Waals surface area contributed by atoms with E-state index in [0.29, 0.717) is 38.7 Å². The molecule has 1 aliphatic heterocycles. The first-order valence-electron chi connectivity index (χ1n) is 12.5. The van der Waals surface area contributed by atoms with Crippen LogP contribution in [0.2, 0.25) is 5.02 Å². The summed E-state index contributed by atoms with van der Waals surface area (Å²) >= 11 is 11.1. The third-order valence-electron chi connectivity index (χ3n) is 6.48. The van der Waals surface area contributed by atoms with E-state index in [1.165, 1.54) is 11.3 Å². The minimum absolute atomic E-state index is 0.00980. The van der Waals surface area contributed by atoms with Gasteiger partial charge in [-0.15, -0.1) is 0 Å². The lowest BCUT2D eigenvalue weighted by molar-refractivity contribution is -0.139. The van der Waals surface area contributed by atoms with E-state index in [9.17, 15) is 9.59 Å². The third kappa shape index (κ3) is 5.88. The van der Waals surface area contributed by atoms with Gasteiger partial charge in [0.2, 0.25) is 0 Å². The smallest absolute Gasteiger partial charge is 0.338 e. The van der Waals surface area contributed by atoms with Crippen LogP contribution < -0.4 is 14.9 Å². The molecule has 0 bridgehead atoms. The van der Waals surface area contributed by atoms with Crippen LogP contribution in [0.5, 0.6) is 0 Å². The van der Waals surface area contributed by atoms with E-state index in [2.05, 4.69) is 20.9 Å². The highest BCUT2D eigenvalue weighted by Crippen LogP contribution is 2.32. The second kappa shape index (κ2) is 11.9. The van der Waals surface area contributed by atoms with Gasteiger partial charge >= 0.3 is 5.97 Å². The van der Waals surface area contributed by atoms with Gasteiger partial charge < -0.3 is 9.47 Å². The maximum absolute atomic E-state index is 13.8. The third-order valence-corrected chi connectivity index (χ3v) is 8.45. The Hall–Kier alpha value is -3.20. The number of carbonyl (C=O) groups is 1. The second-order valence-corrected chi connectivity index (χ2v) is 11.5. The molecule has 2 atom stereocenters. The van der Waals surface area contributed by atoms with Crippen molar-refractivity contribution < 1.29 is 14.3 Å². The first-order chi connectivity index (χ1) is 18.9. The van der Waals surface area contributed by atoms with Crippen LogP contribution in [-0.4, -0.2) is 17.1 Å². The second-order valence-electron chi connectivity index (χ2n) is 9.15. The van der Waals surface area contributed by atoms with E-state index >= 15 is 0 Å². The number of allylic oxidation sites excluding steroid dienone is 4. The van der Waals surface area contributed by atoms with E-state index in [-0.39, 0.29) is 18.1 Å². The summed E-state index contributed by atoms with van der Waals surface area (Å²) in [6, 6.07) is 16.5. The number of ether oxygens (including phenoxy) is 2. The number of thiazole rings is 1. The molecular weight excluding hydrogens is 600 g/mol. The number of benzene rings is 2. The lowest BCUT2D eigenvalue weighted by Gasteiger charge is -2.24. The molecule has 3 aromatic rings. The predicted octanol–water partition coefficient (Wildman–Crippen LogP) is 5.80. The van der Waals surface area contributed by atoms with Crippen molar-refractivity contribution in [1.82, 2.24) is 4.57 Å². The van der Waals surface area contributed by atoms with Crippen LogP contribution in [0.3, 0.4) is 0 Å². The number of hydrogen-bond acceptors (Lipinski definition) is 6. The van der Waals surface area contributed by atoms with Gasteiger partial charge in [0.15, 0.2) is 4.80 Å². The fourth-order valence-electron chi connectivity index (χ4n) is 4.61. The minimum Gasteiger partial charge on any atom is -0.488 e. The van der Waals surface area contributed by atoms with E-state index in [4.69, 9.17) is 21.1 Å². The number of halogens is 2. The van der Waals surface area contributed by atoms with Crippen LogP contribution >= 0.6 is 38.9 Å². The van der Waals surface area contributed by atoms with Crippen LogP contribution in [0, 0.1) is 5.92 Å². The highest BCUT2D eigenvalue weighted by Gasteiger charge is 2.33. The predicted molar refractivity (Wildman–Crippen MR) is 157 cm³/mol. The monoisotopic (exact) mass is 624 g/mol. The number of esters is 1. The van der Waals surface area contributed by atoms with E-state index in [0.717, 1.165) is 21.4 Å². The molecule has 0 spiro atoms. The average Bonchev–Trinajstić information content (AvgIpc) is 3.22. The van der Waals surface area contributed by atoms with Crippen LogP contribution in [0.15, 0.2) is 98.0 Å². The molecule has 1 aliphatic carbocycles. The van der Waals surface area contributed by atoms with Gasteiger partial charge in [0.25, 0.3) is 5.56 Å². The van der Waals surface area contributed by atoms with Gasteiger partial charge in [0.05, 0.1) is 28.5 Å². The van der Waals surface area contributed by atoms with Crippen molar-refractivity contribution in [2.75, 3.05) is 6.61 Å². The maximum Gasteiger partial charge on any atom is 0.338 e. The molecule has 0 N–H and O–H groups in total. The zero-order valence-electron chi connectivity index (χ0n) is 21.4. The van der Waals surface area contributed by atoms with Gasteiger partial charge in [-0.25, -0.2) is 9.79 Å². The lowest BCUT2D eigenvalue weighted by atomic mass is 9.96. The molecule has 6 nitrogen and oxygen atoms in total. The number of nitrogens with zero attached hydrogens (tertiary/aromatic N) is 2. The molecular formula is C30H26BrClN2O4S. The van der Waals surface area contributed by atoms with Crippen molar-refractivity contribution in [3.8, 4) is 0 Å². The SMILES string of the molecule is CCOC(=O)C1=C(C)N=c2s/c(=C\[C@H]3C=CC(OCc4ccccc4)=C(Br)C3)c(=O)n2[C@H]1c1ccc(Cl)cc1. The van der Waals surface area contributed by atoms with Gasteiger partial charge in [-0.3, -0.25) is 9.36 Å². The highest BCUT2D eigenvalue weighted by atomic mass is 79.9. The van der Waals surface area contributed by atoms with Gasteiger partial charge in [0.1, 0.15) is 12.4 Å². The summed E-state index contributed by atoms with van der Waals surface area (Å²) in [6.07, 6.45) is 6.60. The fraction of sp³-hybridized carbons (Fsp3) is 0.233. The van der Waals surface area contributed by atoms with Gasteiger partial charge in [-0.05, 0) is 49.6 Å². The molecule has 0 radical (unpaired) electrons. The molecule has 200 valence electrons. The van der Waals surface area contributed by atoms with Crippen molar-refractivity contribution >= 4 is 50.9 Å². The van der Waals surface area contributed by atoms with Crippen LogP contribution in [-0.2, 0) is 20.9 Å². The largest absolute Gasteiger partial charge is 0.488 e. The standard InChI is InChI=1S/C30H26BrClN2O4S/c1-3-37-29(36)26-18(2)33-30-34(27(26)21-10-12-22(32)13-11-21)28(35)25(39-30)16-20-9-14-24(23(31)15-20)38-17-19-7-5-4-6-8-19/h4-14,16,20,27H,3,15,17H2,1-2H3/b25-16-/t20-,27-/m0/s1. The van der Waals surface area contributed by atoms with E-state index < -0.39 is 12.0 Å². The number of aromatic nitrogens is 1. The van der Waals surface area contributed by atoms with Crippen LogP contribution in [0.1, 0.15) is 37.4 Å². The molecule has 2 aliphatic rings. The van der Waals surface area contributed by atoms with E-state index in [1.54, 1.807) is 30.5 Å².